The predicted octanol–water partition coefficient (Wildman–Crippen LogP) is 3.90. The quantitative estimate of drug-likeness (QED) is 0.245. The molecule has 2 fully saturated rings. The SMILES string of the molecule is CC1CCCC1.CC1CCCC1.O=C=O.O=C=O.[C-]#[O+].[C-]#[O+].[C-]#[O+].[C-]#[O+].[C-]#[O+].[C-]#[O+].[CH3-].[CH3-].[Mn].[Mn]. The van der Waals surface area contributed by atoms with E-state index in [1.165, 1.54) is 51.4 Å². The maximum Gasteiger partial charge on any atom is 0 e. The Balaban J connectivity index is -0.0000000164. The van der Waals surface area contributed by atoms with Gasteiger partial charge in [-0.05, 0) is 11.8 Å². The van der Waals surface area contributed by atoms with Crippen molar-refractivity contribution < 1.29 is 81.2 Å². The van der Waals surface area contributed by atoms with Crippen molar-refractivity contribution in [1.29, 1.82) is 0 Å². The van der Waals surface area contributed by atoms with Crippen LogP contribution in [0.1, 0.15) is 65.2 Å². The third-order valence-corrected chi connectivity index (χ3v) is 3.29. The zero-order chi connectivity index (χ0) is 26.2. The molecular weight excluding hydrogens is 534 g/mol. The molecule has 0 unspecified atom stereocenters. The van der Waals surface area contributed by atoms with E-state index in [1.54, 1.807) is 0 Å². The van der Waals surface area contributed by atoms with E-state index in [0.717, 1.165) is 11.8 Å². The molecule has 2 aliphatic rings. The van der Waals surface area contributed by atoms with Crippen molar-refractivity contribution in [2.24, 2.45) is 11.8 Å². The third-order valence-electron chi connectivity index (χ3n) is 3.29. The molecule has 194 valence electrons. The van der Waals surface area contributed by atoms with E-state index < -0.39 is 0 Å². The van der Waals surface area contributed by atoms with Crippen molar-refractivity contribution in [1.82, 2.24) is 0 Å². The molecule has 12 heteroatoms. The molecule has 2 saturated carbocycles. The van der Waals surface area contributed by atoms with Gasteiger partial charge in [-0.25, -0.2) is 0 Å². The van der Waals surface area contributed by atoms with Gasteiger partial charge < -0.3 is 14.9 Å². The molecule has 0 aromatic carbocycles. The average molecular weight is 564 g/mol. The number of hydrogen-bond donors (Lipinski definition) is 0. The minimum Gasteiger partial charge on any atom is -0.358 e. The summed E-state index contributed by atoms with van der Waals surface area (Å²) in [4.78, 5) is 32.5. The molecular formula is C22H30Mn2O10-2. The fourth-order valence-electron chi connectivity index (χ4n) is 2.26. The summed E-state index contributed by atoms with van der Waals surface area (Å²) in [5.41, 5.74) is 0. The Morgan fingerprint density at radius 2 is 0.559 bits per heavy atom. The standard InChI is InChI=1S/2C6H12.2CO2.6CO.2CH3.2Mn/c2*1-6-4-2-3-5-6;2*2-1-3;6*1-2;;;;/h2*6H,2-5H2,1H3;;;;;;;;;2*1H3;;/q;;;;;;;;;;2*-1;;. The summed E-state index contributed by atoms with van der Waals surface area (Å²) in [5, 5.41) is 0. The molecule has 0 aromatic rings. The van der Waals surface area contributed by atoms with E-state index in [4.69, 9.17) is 47.1 Å². The second-order valence-corrected chi connectivity index (χ2v) is 4.95. The Hall–Kier alpha value is -1.76. The first kappa shape index (κ1) is 76.8. The maximum absolute atomic E-state index is 8.12. The number of rotatable bonds is 0. The fraction of sp³-hybridized carbons (Fsp3) is 0.545. The van der Waals surface area contributed by atoms with Crippen LogP contribution in [0.3, 0.4) is 0 Å². The Morgan fingerprint density at radius 1 is 0.471 bits per heavy atom. The van der Waals surface area contributed by atoms with Gasteiger partial charge in [0.05, 0.1) is 0 Å². The van der Waals surface area contributed by atoms with Gasteiger partial charge >= 0.3 is 80.1 Å². The van der Waals surface area contributed by atoms with Crippen molar-refractivity contribution in [2.75, 3.05) is 0 Å². The molecule has 0 aromatic heterocycles. The van der Waals surface area contributed by atoms with Crippen LogP contribution >= 0.6 is 0 Å². The van der Waals surface area contributed by atoms with Gasteiger partial charge in [-0.2, -0.15) is 19.2 Å². The topological polar surface area (TPSA) is 188 Å². The zero-order valence-electron chi connectivity index (χ0n) is 19.6. The summed E-state index contributed by atoms with van der Waals surface area (Å²) in [5.74, 6) is 2.09. The van der Waals surface area contributed by atoms with Gasteiger partial charge in [0.1, 0.15) is 0 Å². The van der Waals surface area contributed by atoms with Crippen LogP contribution in [0.25, 0.3) is 0 Å². The summed E-state index contributed by atoms with van der Waals surface area (Å²) in [6.07, 6.45) is 12.4. The zero-order valence-corrected chi connectivity index (χ0v) is 22.0. The van der Waals surface area contributed by atoms with Crippen LogP contribution in [0.4, 0.5) is 0 Å². The molecule has 2 aliphatic carbocycles. The molecule has 0 atom stereocenters. The van der Waals surface area contributed by atoms with Crippen molar-refractivity contribution in [3.05, 3.63) is 54.8 Å². The van der Waals surface area contributed by atoms with Crippen molar-refractivity contribution in [3.63, 3.8) is 0 Å². The summed E-state index contributed by atoms with van der Waals surface area (Å²) in [7, 11) is 0. The van der Waals surface area contributed by atoms with Gasteiger partial charge in [-0.15, -0.1) is 0 Å². The van der Waals surface area contributed by atoms with Gasteiger partial charge in [0, 0.05) is 34.1 Å². The molecule has 0 spiro atoms. The molecule has 0 heterocycles. The van der Waals surface area contributed by atoms with E-state index in [2.05, 4.69) is 53.7 Å². The molecule has 34 heavy (non-hydrogen) atoms. The van der Waals surface area contributed by atoms with Gasteiger partial charge in [0.2, 0.25) is 0 Å². The van der Waals surface area contributed by atoms with Gasteiger partial charge in [-0.1, -0.05) is 65.2 Å². The minimum absolute atomic E-state index is 0. The maximum atomic E-state index is 8.12. The Kier molecular flexibility index (Phi) is 318. The van der Waals surface area contributed by atoms with E-state index >= 15 is 0 Å². The van der Waals surface area contributed by atoms with Crippen LogP contribution < -0.4 is 0 Å². The van der Waals surface area contributed by atoms with Crippen LogP contribution in [-0.2, 0) is 81.2 Å². The normalized spacial score (nSPS) is 9.82. The van der Waals surface area contributed by atoms with Crippen molar-refractivity contribution in [3.8, 4) is 0 Å². The molecule has 0 amide bonds. The number of hydrogen-bond acceptors (Lipinski definition) is 4. The summed E-state index contributed by atoms with van der Waals surface area (Å²) < 4.78 is 45.0. The predicted molar refractivity (Wildman–Crippen MR) is 102 cm³/mol. The van der Waals surface area contributed by atoms with Crippen molar-refractivity contribution in [2.45, 2.75) is 65.2 Å². The van der Waals surface area contributed by atoms with Crippen LogP contribution in [-0.4, -0.2) is 12.3 Å². The smallest absolute Gasteiger partial charge is 0 e. The summed E-state index contributed by atoms with van der Waals surface area (Å²) >= 11 is 0. The second-order valence-electron chi connectivity index (χ2n) is 4.95. The van der Waals surface area contributed by atoms with Gasteiger partial charge in [0.15, 0.2) is 0 Å². The molecule has 0 saturated heterocycles. The Morgan fingerprint density at radius 3 is 0.588 bits per heavy atom. The monoisotopic (exact) mass is 564 g/mol. The van der Waals surface area contributed by atoms with Gasteiger partial charge in [0.25, 0.3) is 0 Å². The van der Waals surface area contributed by atoms with E-state index in [-0.39, 0.29) is 61.3 Å². The third kappa shape index (κ3) is 173. The Bertz CT molecular complexity index is 387. The first-order chi connectivity index (χ1) is 14.6. The van der Waals surface area contributed by atoms with E-state index in [9.17, 15) is 0 Å². The average Bonchev–Trinajstić information content (AvgIpc) is 3.51. The van der Waals surface area contributed by atoms with E-state index in [1.807, 2.05) is 0 Å². The largest absolute Gasteiger partial charge is 0.358 e. The first-order valence-electron chi connectivity index (χ1n) is 7.83. The second kappa shape index (κ2) is 141. The molecule has 0 N–H and O–H groups in total. The fourth-order valence-corrected chi connectivity index (χ4v) is 2.26. The Labute approximate surface area is 225 Å². The summed E-state index contributed by atoms with van der Waals surface area (Å²) in [6, 6.07) is 0. The van der Waals surface area contributed by atoms with Gasteiger partial charge in [-0.3, -0.25) is 0 Å². The van der Waals surface area contributed by atoms with Crippen LogP contribution in [0, 0.1) is 66.6 Å². The summed E-state index contributed by atoms with van der Waals surface area (Å²) in [6.45, 7) is 31.7. The first-order valence-corrected chi connectivity index (χ1v) is 7.83. The van der Waals surface area contributed by atoms with Crippen LogP contribution in [0.2, 0.25) is 0 Å². The van der Waals surface area contributed by atoms with Crippen LogP contribution in [0.15, 0.2) is 0 Å². The minimum atomic E-state index is 0. The number of carbonyl (C=O) groups excluding carboxylic acids is 4. The van der Waals surface area contributed by atoms with E-state index in [0.29, 0.717) is 0 Å². The molecule has 2 rings (SSSR count). The van der Waals surface area contributed by atoms with Crippen LogP contribution in [0.5, 0.6) is 0 Å². The molecule has 2 radical (unpaired) electrons. The molecule has 10 nitrogen and oxygen atoms in total. The molecule has 0 aliphatic heterocycles. The molecule has 0 bridgehead atoms. The van der Waals surface area contributed by atoms with Crippen molar-refractivity contribution >= 4 is 12.3 Å².